The van der Waals surface area contributed by atoms with Crippen molar-refractivity contribution in [2.75, 3.05) is 19.5 Å². The number of nitrogens with zero attached hydrogens (tertiary/aromatic N) is 4. The minimum atomic E-state index is -0.514. The Labute approximate surface area is 133 Å². The summed E-state index contributed by atoms with van der Waals surface area (Å²) in [5.41, 5.74) is 1.99. The van der Waals surface area contributed by atoms with Crippen LogP contribution in [0.4, 0.5) is 5.95 Å². The van der Waals surface area contributed by atoms with Gasteiger partial charge in [0, 0.05) is 11.3 Å². The highest BCUT2D eigenvalue weighted by Gasteiger charge is 2.36. The fourth-order valence-corrected chi connectivity index (χ4v) is 2.74. The Balaban J connectivity index is 2.25. The van der Waals surface area contributed by atoms with Crippen LogP contribution in [0.2, 0.25) is 0 Å². The molecule has 0 saturated carbocycles. The van der Waals surface area contributed by atoms with Gasteiger partial charge >= 0.3 is 5.97 Å². The summed E-state index contributed by atoms with van der Waals surface area (Å²) in [6, 6.07) is 6.95. The number of para-hydroxylation sites is 1. The first-order chi connectivity index (χ1) is 11.2. The van der Waals surface area contributed by atoms with Gasteiger partial charge in [0.25, 0.3) is 0 Å². The van der Waals surface area contributed by atoms with Crippen molar-refractivity contribution in [1.82, 2.24) is 20.2 Å². The predicted octanol–water partition coefficient (Wildman–Crippen LogP) is 1.53. The van der Waals surface area contributed by atoms with Crippen LogP contribution in [0.5, 0.6) is 5.75 Å². The van der Waals surface area contributed by atoms with E-state index in [1.54, 1.807) is 11.8 Å². The Morgan fingerprint density at radius 1 is 1.35 bits per heavy atom. The summed E-state index contributed by atoms with van der Waals surface area (Å²) in [6.07, 6.45) is 0.614. The van der Waals surface area contributed by atoms with Gasteiger partial charge in [0.1, 0.15) is 11.8 Å². The molecule has 8 nitrogen and oxygen atoms in total. The number of aromatic nitrogens is 4. The number of fused-ring (bicyclic) bond motifs is 1. The number of tetrazole rings is 1. The molecule has 2 aromatic rings. The Kier molecular flexibility index (Phi) is 3.96. The second kappa shape index (κ2) is 6.07. The van der Waals surface area contributed by atoms with Crippen LogP contribution in [0.3, 0.4) is 0 Å². The van der Waals surface area contributed by atoms with Gasteiger partial charge in [-0.25, -0.2) is 4.79 Å². The average Bonchev–Trinajstić information content (AvgIpc) is 3.07. The van der Waals surface area contributed by atoms with Crippen LogP contribution < -0.4 is 10.1 Å². The molecule has 0 saturated heterocycles. The maximum Gasteiger partial charge on any atom is 0.338 e. The molecule has 1 aromatic carbocycles. The number of esters is 1. The minimum absolute atomic E-state index is 0.425. The molecule has 1 N–H and O–H groups in total. The van der Waals surface area contributed by atoms with Crippen LogP contribution in [0.25, 0.3) is 0 Å². The van der Waals surface area contributed by atoms with E-state index in [0.717, 1.165) is 11.3 Å². The van der Waals surface area contributed by atoms with Gasteiger partial charge in [-0.3, -0.25) is 0 Å². The zero-order valence-corrected chi connectivity index (χ0v) is 13.1. The van der Waals surface area contributed by atoms with E-state index in [9.17, 15) is 4.79 Å². The van der Waals surface area contributed by atoms with Gasteiger partial charge in [-0.05, 0) is 22.9 Å². The summed E-state index contributed by atoms with van der Waals surface area (Å²) < 4.78 is 12.0. The minimum Gasteiger partial charge on any atom is -0.496 e. The number of methoxy groups -OCH3 is 2. The van der Waals surface area contributed by atoms with E-state index in [1.807, 2.05) is 31.2 Å². The number of carbonyl (C=O) groups is 1. The van der Waals surface area contributed by atoms with E-state index in [0.29, 0.717) is 23.7 Å². The van der Waals surface area contributed by atoms with Gasteiger partial charge in [0.2, 0.25) is 5.95 Å². The molecule has 1 atom stereocenters. The van der Waals surface area contributed by atoms with E-state index in [-0.39, 0.29) is 0 Å². The molecule has 0 radical (unpaired) electrons. The molecule has 8 heteroatoms. The Morgan fingerprint density at radius 3 is 2.83 bits per heavy atom. The van der Waals surface area contributed by atoms with Crippen LogP contribution in [0.15, 0.2) is 35.5 Å². The van der Waals surface area contributed by atoms with Crippen molar-refractivity contribution in [2.45, 2.75) is 19.4 Å². The summed E-state index contributed by atoms with van der Waals surface area (Å²) in [7, 11) is 2.94. The monoisotopic (exact) mass is 315 g/mol. The highest BCUT2D eigenvalue weighted by atomic mass is 16.5. The first kappa shape index (κ1) is 15.0. The first-order valence-corrected chi connectivity index (χ1v) is 7.20. The summed E-state index contributed by atoms with van der Waals surface area (Å²) in [6.45, 7) is 1.95. The van der Waals surface area contributed by atoms with E-state index in [1.165, 1.54) is 7.11 Å². The molecule has 0 spiro atoms. The van der Waals surface area contributed by atoms with Gasteiger partial charge in [0.05, 0.1) is 19.8 Å². The van der Waals surface area contributed by atoms with Crippen molar-refractivity contribution < 1.29 is 14.3 Å². The molecule has 0 bridgehead atoms. The molecule has 23 heavy (non-hydrogen) atoms. The van der Waals surface area contributed by atoms with Crippen molar-refractivity contribution in [1.29, 1.82) is 0 Å². The van der Waals surface area contributed by atoms with Crippen LogP contribution in [-0.4, -0.2) is 40.4 Å². The first-order valence-electron chi connectivity index (χ1n) is 7.20. The van der Waals surface area contributed by atoms with E-state index < -0.39 is 12.0 Å². The van der Waals surface area contributed by atoms with Crippen molar-refractivity contribution >= 4 is 11.9 Å². The SMILES string of the molecule is CCC1=C(C(=O)OC)[C@@H](c2ccccc2OC)n2nnnc2N1. The third kappa shape index (κ3) is 2.41. The van der Waals surface area contributed by atoms with Crippen LogP contribution >= 0.6 is 0 Å². The summed E-state index contributed by atoms with van der Waals surface area (Å²) in [5, 5.41) is 14.8. The summed E-state index contributed by atoms with van der Waals surface area (Å²) in [4.78, 5) is 12.4. The fourth-order valence-electron chi connectivity index (χ4n) is 2.74. The molecule has 3 rings (SSSR count). The zero-order chi connectivity index (χ0) is 16.4. The number of rotatable bonds is 4. The van der Waals surface area contributed by atoms with Crippen molar-refractivity contribution in [3.8, 4) is 5.75 Å². The Bertz CT molecular complexity index is 768. The van der Waals surface area contributed by atoms with Gasteiger partial charge in [-0.15, -0.1) is 0 Å². The molecular weight excluding hydrogens is 298 g/mol. The second-order valence-electron chi connectivity index (χ2n) is 4.95. The number of hydrogen-bond donors (Lipinski definition) is 1. The topological polar surface area (TPSA) is 91.2 Å². The molecular formula is C15H17N5O3. The highest BCUT2D eigenvalue weighted by molar-refractivity contribution is 5.92. The number of nitrogens with one attached hydrogen (secondary N) is 1. The summed E-state index contributed by atoms with van der Waals surface area (Å²) in [5.74, 6) is 0.703. The van der Waals surface area contributed by atoms with E-state index in [4.69, 9.17) is 9.47 Å². The standard InChI is InChI=1S/C15H17N5O3/c1-4-10-12(14(21)23-3)13(20-15(16-10)17-18-19-20)9-7-5-6-8-11(9)22-2/h5-8,13H,4H2,1-3H3,(H,16,17,19)/t13-/m1/s1. The molecule has 1 aliphatic rings. The third-order valence-corrected chi connectivity index (χ3v) is 3.79. The number of anilines is 1. The predicted molar refractivity (Wildman–Crippen MR) is 81.9 cm³/mol. The van der Waals surface area contributed by atoms with Crippen molar-refractivity contribution in [2.24, 2.45) is 0 Å². The Morgan fingerprint density at radius 2 is 2.13 bits per heavy atom. The summed E-state index contributed by atoms with van der Waals surface area (Å²) >= 11 is 0. The van der Waals surface area contributed by atoms with Crippen LogP contribution in [0, 0.1) is 0 Å². The molecule has 0 fully saturated rings. The number of hydrogen-bond acceptors (Lipinski definition) is 7. The van der Waals surface area contributed by atoms with Gasteiger partial charge in [0.15, 0.2) is 0 Å². The lowest BCUT2D eigenvalue weighted by Crippen LogP contribution is -2.30. The van der Waals surface area contributed by atoms with Crippen molar-refractivity contribution in [3.63, 3.8) is 0 Å². The molecule has 120 valence electrons. The number of carbonyl (C=O) groups excluding carboxylic acids is 1. The van der Waals surface area contributed by atoms with E-state index >= 15 is 0 Å². The lowest BCUT2D eigenvalue weighted by atomic mass is 9.94. The molecule has 0 unspecified atom stereocenters. The number of benzene rings is 1. The molecule has 0 aliphatic carbocycles. The number of allylic oxidation sites excluding steroid dienone is 1. The highest BCUT2D eigenvalue weighted by Crippen LogP contribution is 2.39. The van der Waals surface area contributed by atoms with Crippen LogP contribution in [-0.2, 0) is 9.53 Å². The van der Waals surface area contributed by atoms with E-state index in [2.05, 4.69) is 20.8 Å². The normalized spacial score (nSPS) is 16.6. The maximum atomic E-state index is 12.4. The zero-order valence-electron chi connectivity index (χ0n) is 13.1. The third-order valence-electron chi connectivity index (χ3n) is 3.79. The van der Waals surface area contributed by atoms with Gasteiger partial charge in [-0.2, -0.15) is 4.68 Å². The largest absolute Gasteiger partial charge is 0.496 e. The smallest absolute Gasteiger partial charge is 0.338 e. The molecule has 1 aliphatic heterocycles. The lowest BCUT2D eigenvalue weighted by molar-refractivity contribution is -0.136. The molecule has 2 heterocycles. The van der Waals surface area contributed by atoms with Crippen LogP contribution in [0.1, 0.15) is 24.9 Å². The van der Waals surface area contributed by atoms with Gasteiger partial charge < -0.3 is 14.8 Å². The number of ether oxygens (including phenoxy) is 2. The Hall–Kier alpha value is -2.90. The second-order valence-corrected chi connectivity index (χ2v) is 4.95. The quantitative estimate of drug-likeness (QED) is 0.855. The van der Waals surface area contributed by atoms with Gasteiger partial charge in [-0.1, -0.05) is 30.2 Å². The molecule has 0 amide bonds. The fraction of sp³-hybridized carbons (Fsp3) is 0.333. The lowest BCUT2D eigenvalue weighted by Gasteiger charge is -2.28. The maximum absolute atomic E-state index is 12.4. The average molecular weight is 315 g/mol. The molecule has 1 aromatic heterocycles. The van der Waals surface area contributed by atoms with Crippen molar-refractivity contribution in [3.05, 3.63) is 41.1 Å².